The van der Waals surface area contributed by atoms with Gasteiger partial charge in [0, 0.05) is 27.6 Å². The molecule has 10 heteroatoms. The summed E-state index contributed by atoms with van der Waals surface area (Å²) in [5.41, 5.74) is 2.04. The first-order chi connectivity index (χ1) is 20.2. The van der Waals surface area contributed by atoms with Gasteiger partial charge >= 0.3 is 0 Å². The van der Waals surface area contributed by atoms with Crippen molar-refractivity contribution in [3.05, 3.63) is 128 Å². The Bertz CT molecular complexity index is 1590. The number of halogens is 2. The minimum Gasteiger partial charge on any atom is -0.355 e. The molecule has 0 saturated heterocycles. The number of benzene rings is 4. The molecule has 7 nitrogen and oxygen atoms in total. The third-order valence-electron chi connectivity index (χ3n) is 6.61. The Balaban J connectivity index is 1.78. The van der Waals surface area contributed by atoms with Gasteiger partial charge in [0.15, 0.2) is 0 Å². The lowest BCUT2D eigenvalue weighted by Gasteiger charge is -2.33. The van der Waals surface area contributed by atoms with Gasteiger partial charge < -0.3 is 10.2 Å². The zero-order chi connectivity index (χ0) is 30.1. The Morgan fingerprint density at radius 3 is 2.02 bits per heavy atom. The van der Waals surface area contributed by atoms with Crippen LogP contribution in [0.5, 0.6) is 0 Å². The molecule has 0 aliphatic rings. The van der Waals surface area contributed by atoms with E-state index in [9.17, 15) is 18.0 Å². The maximum atomic E-state index is 14.3. The molecule has 4 aromatic rings. The van der Waals surface area contributed by atoms with Gasteiger partial charge in [-0.1, -0.05) is 76.6 Å². The van der Waals surface area contributed by atoms with E-state index in [-0.39, 0.29) is 23.8 Å². The van der Waals surface area contributed by atoms with Crippen LogP contribution in [0.1, 0.15) is 18.1 Å². The summed E-state index contributed by atoms with van der Waals surface area (Å²) in [6.07, 6.45) is 0.268. The number of likely N-dealkylation sites (N-methyl/N-ethyl adjacent to an activating group) is 1. The second-order valence-electron chi connectivity index (χ2n) is 9.55. The first-order valence-electron chi connectivity index (χ1n) is 13.4. The number of hydrogen-bond donors (Lipinski definition) is 1. The Kier molecular flexibility index (Phi) is 11.2. The highest BCUT2D eigenvalue weighted by Gasteiger charge is 2.34. The summed E-state index contributed by atoms with van der Waals surface area (Å²) in [5.74, 6) is -0.804. The summed E-state index contributed by atoms with van der Waals surface area (Å²) in [5, 5.41) is 2.87. The van der Waals surface area contributed by atoms with Crippen molar-refractivity contribution < 1.29 is 18.0 Å². The Labute approximate surface area is 269 Å². The van der Waals surface area contributed by atoms with Crippen LogP contribution in [0.15, 0.2) is 119 Å². The van der Waals surface area contributed by atoms with Crippen LogP contribution in [0.2, 0.25) is 0 Å². The van der Waals surface area contributed by atoms with Gasteiger partial charge in [-0.05, 0) is 89.2 Å². The van der Waals surface area contributed by atoms with E-state index in [1.807, 2.05) is 61.5 Å². The standard InChI is InChI=1S/C32H31BrIN3O4S/c1-2-35-32(39)30(21-24-9-5-3-6-10-24)36(22-25-13-15-26(33)16-14-25)31(38)23-37(28-19-17-27(34)18-20-28)42(40,41)29-11-7-4-8-12-29/h3-20,30H,2,21-23H2,1H3,(H,35,39)/t30-/m0/s1. The highest BCUT2D eigenvalue weighted by molar-refractivity contribution is 14.1. The molecular weight excluding hydrogens is 729 g/mol. The molecule has 4 aromatic carbocycles. The van der Waals surface area contributed by atoms with Crippen molar-refractivity contribution in [3.8, 4) is 0 Å². The molecule has 0 spiro atoms. The van der Waals surface area contributed by atoms with Crippen LogP contribution in [0.4, 0.5) is 5.69 Å². The quantitative estimate of drug-likeness (QED) is 0.179. The van der Waals surface area contributed by atoms with Crippen LogP contribution in [-0.4, -0.2) is 44.3 Å². The van der Waals surface area contributed by atoms with Crippen molar-refractivity contribution in [1.82, 2.24) is 10.2 Å². The van der Waals surface area contributed by atoms with Crippen molar-refractivity contribution in [2.45, 2.75) is 30.8 Å². The van der Waals surface area contributed by atoms with Crippen molar-refractivity contribution in [2.24, 2.45) is 0 Å². The molecule has 0 heterocycles. The topological polar surface area (TPSA) is 86.8 Å². The van der Waals surface area contributed by atoms with Crippen molar-refractivity contribution in [2.75, 3.05) is 17.4 Å². The molecule has 0 aromatic heterocycles. The van der Waals surface area contributed by atoms with Gasteiger partial charge in [0.2, 0.25) is 11.8 Å². The largest absolute Gasteiger partial charge is 0.355 e. The summed E-state index contributed by atoms with van der Waals surface area (Å²) < 4.78 is 30.8. The van der Waals surface area contributed by atoms with Crippen molar-refractivity contribution in [1.29, 1.82) is 0 Å². The van der Waals surface area contributed by atoms with Crippen LogP contribution in [0.3, 0.4) is 0 Å². The molecule has 0 fully saturated rings. The molecule has 0 bridgehead atoms. The van der Waals surface area contributed by atoms with Crippen LogP contribution in [0.25, 0.3) is 0 Å². The monoisotopic (exact) mass is 759 g/mol. The van der Waals surface area contributed by atoms with Crippen molar-refractivity contribution in [3.63, 3.8) is 0 Å². The Hall–Kier alpha value is -3.22. The van der Waals surface area contributed by atoms with Crippen LogP contribution in [-0.2, 0) is 32.6 Å². The lowest BCUT2D eigenvalue weighted by atomic mass is 10.0. The smallest absolute Gasteiger partial charge is 0.264 e. The Morgan fingerprint density at radius 2 is 1.43 bits per heavy atom. The average molecular weight is 760 g/mol. The van der Waals surface area contributed by atoms with E-state index < -0.39 is 28.5 Å². The second kappa shape index (κ2) is 14.8. The SMILES string of the molecule is CCNC(=O)[C@H](Cc1ccccc1)N(Cc1ccc(Br)cc1)C(=O)CN(c1ccc(I)cc1)S(=O)(=O)c1ccccc1. The third-order valence-corrected chi connectivity index (χ3v) is 9.65. The average Bonchev–Trinajstić information content (AvgIpc) is 3.00. The molecule has 42 heavy (non-hydrogen) atoms. The number of hydrogen-bond acceptors (Lipinski definition) is 4. The van der Waals surface area contributed by atoms with Crippen LogP contribution >= 0.6 is 38.5 Å². The first-order valence-corrected chi connectivity index (χ1v) is 16.7. The third kappa shape index (κ3) is 8.20. The number of carbonyl (C=O) groups is 2. The number of amides is 2. The molecule has 1 N–H and O–H groups in total. The fraction of sp³-hybridized carbons (Fsp3) is 0.188. The predicted octanol–water partition coefficient (Wildman–Crippen LogP) is 6.03. The molecule has 0 aliphatic carbocycles. The number of nitrogens with zero attached hydrogens (tertiary/aromatic N) is 2. The molecule has 0 radical (unpaired) electrons. The van der Waals surface area contributed by atoms with E-state index in [0.29, 0.717) is 12.2 Å². The normalized spacial score (nSPS) is 11.9. The Morgan fingerprint density at radius 1 is 0.833 bits per heavy atom. The molecule has 0 aliphatic heterocycles. The summed E-state index contributed by atoms with van der Waals surface area (Å²) in [6.45, 7) is 1.84. The van der Waals surface area contributed by atoms with Gasteiger partial charge in [0.05, 0.1) is 10.6 Å². The van der Waals surface area contributed by atoms with Crippen LogP contribution in [0, 0.1) is 3.57 Å². The molecule has 2 amide bonds. The lowest BCUT2D eigenvalue weighted by molar-refractivity contribution is -0.140. The van der Waals surface area contributed by atoms with Crippen molar-refractivity contribution >= 4 is 66.0 Å². The fourth-order valence-electron chi connectivity index (χ4n) is 4.49. The molecular formula is C32H31BrIN3O4S. The van der Waals surface area contributed by atoms with E-state index in [4.69, 9.17) is 0 Å². The molecule has 218 valence electrons. The number of sulfonamides is 1. The summed E-state index contributed by atoms with van der Waals surface area (Å²) in [6, 6.07) is 31.1. The minimum absolute atomic E-state index is 0.0698. The fourth-order valence-corrected chi connectivity index (χ4v) is 6.55. The van der Waals surface area contributed by atoms with E-state index in [0.717, 1.165) is 23.5 Å². The molecule has 0 saturated carbocycles. The molecule has 4 rings (SSSR count). The van der Waals surface area contributed by atoms with E-state index >= 15 is 0 Å². The maximum Gasteiger partial charge on any atom is 0.264 e. The van der Waals surface area contributed by atoms with Gasteiger partial charge in [0.1, 0.15) is 12.6 Å². The number of nitrogens with one attached hydrogen (secondary N) is 1. The number of rotatable bonds is 12. The molecule has 1 atom stereocenters. The lowest BCUT2D eigenvalue weighted by Crippen LogP contribution is -2.53. The van der Waals surface area contributed by atoms with E-state index in [1.165, 1.54) is 17.0 Å². The van der Waals surface area contributed by atoms with Gasteiger partial charge in [-0.25, -0.2) is 8.42 Å². The van der Waals surface area contributed by atoms with E-state index in [1.54, 1.807) is 42.5 Å². The van der Waals surface area contributed by atoms with Crippen LogP contribution < -0.4 is 9.62 Å². The van der Waals surface area contributed by atoms with Gasteiger partial charge in [-0.3, -0.25) is 13.9 Å². The minimum atomic E-state index is -4.11. The van der Waals surface area contributed by atoms with Gasteiger partial charge in [-0.15, -0.1) is 0 Å². The summed E-state index contributed by atoms with van der Waals surface area (Å²) in [7, 11) is -4.11. The second-order valence-corrected chi connectivity index (χ2v) is 13.6. The predicted molar refractivity (Wildman–Crippen MR) is 177 cm³/mol. The zero-order valence-corrected chi connectivity index (χ0v) is 27.5. The highest BCUT2D eigenvalue weighted by atomic mass is 127. The van der Waals surface area contributed by atoms with Gasteiger partial charge in [-0.2, -0.15) is 0 Å². The maximum absolute atomic E-state index is 14.3. The number of anilines is 1. The van der Waals surface area contributed by atoms with Gasteiger partial charge in [0.25, 0.3) is 10.0 Å². The highest BCUT2D eigenvalue weighted by Crippen LogP contribution is 2.26. The summed E-state index contributed by atoms with van der Waals surface area (Å²) >= 11 is 5.59. The zero-order valence-electron chi connectivity index (χ0n) is 23.0. The molecule has 0 unspecified atom stereocenters. The summed E-state index contributed by atoms with van der Waals surface area (Å²) in [4.78, 5) is 29.4. The number of carbonyl (C=O) groups excluding carboxylic acids is 2. The van der Waals surface area contributed by atoms with E-state index in [2.05, 4.69) is 43.8 Å². The first kappa shape index (κ1) is 31.7.